The summed E-state index contributed by atoms with van der Waals surface area (Å²) in [6, 6.07) is 5.10. The second-order valence-corrected chi connectivity index (χ2v) is 8.05. The standard InChI is InChI=1S/C24H37NO6/c1-3-5-6-7-8-9-10-11-12-13-14-15-22(26)24(4-2,23(27)28)31-21-18-16-20(17-19-21)25(29)30/h16-19H,3-15H2,1-2H3,(H,27,28). The van der Waals surface area contributed by atoms with Crippen molar-refractivity contribution in [2.75, 3.05) is 0 Å². The molecule has 1 aromatic rings. The van der Waals surface area contributed by atoms with Crippen LogP contribution in [0.1, 0.15) is 97.3 Å². The SMILES string of the molecule is CCCCCCCCCCCCCC(=O)C(CC)(Oc1ccc([N+](=O)[O-])cc1)C(=O)O. The quantitative estimate of drug-likeness (QED) is 0.122. The Hall–Kier alpha value is -2.44. The van der Waals surface area contributed by atoms with Crippen LogP contribution in [-0.4, -0.2) is 27.4 Å². The predicted octanol–water partition coefficient (Wildman–Crippen LogP) is 6.48. The van der Waals surface area contributed by atoms with Gasteiger partial charge in [-0.3, -0.25) is 14.9 Å². The van der Waals surface area contributed by atoms with E-state index in [1.807, 2.05) is 0 Å². The van der Waals surface area contributed by atoms with Crippen molar-refractivity contribution in [3.63, 3.8) is 0 Å². The average molecular weight is 436 g/mol. The number of nitrogens with zero attached hydrogens (tertiary/aromatic N) is 1. The minimum atomic E-state index is -1.96. The minimum absolute atomic E-state index is 0.0177. The molecule has 0 saturated heterocycles. The molecule has 0 bridgehead atoms. The normalized spacial score (nSPS) is 12.8. The number of nitro benzene ring substituents is 1. The largest absolute Gasteiger partial charge is 0.478 e. The number of hydrogen-bond donors (Lipinski definition) is 1. The average Bonchev–Trinajstić information content (AvgIpc) is 2.75. The highest BCUT2D eigenvalue weighted by molar-refractivity contribution is 6.06. The summed E-state index contributed by atoms with van der Waals surface area (Å²) < 4.78 is 5.59. The Morgan fingerprint density at radius 1 is 0.903 bits per heavy atom. The first kappa shape index (κ1) is 26.6. The molecule has 7 nitrogen and oxygen atoms in total. The molecule has 0 amide bonds. The molecule has 0 aromatic heterocycles. The molecule has 0 radical (unpaired) electrons. The maximum Gasteiger partial charge on any atom is 0.355 e. The molecule has 0 fully saturated rings. The van der Waals surface area contributed by atoms with Crippen LogP contribution in [0, 0.1) is 10.1 Å². The molecule has 1 atom stereocenters. The number of nitro groups is 1. The van der Waals surface area contributed by atoms with Gasteiger partial charge in [-0.05, 0) is 18.6 Å². The third kappa shape index (κ3) is 9.07. The van der Waals surface area contributed by atoms with Crippen LogP contribution in [0.4, 0.5) is 5.69 Å². The number of carboxylic acid groups (broad SMARTS) is 1. The van der Waals surface area contributed by atoms with Gasteiger partial charge in [-0.15, -0.1) is 0 Å². The molecule has 0 aliphatic carbocycles. The highest BCUT2D eigenvalue weighted by Gasteiger charge is 2.46. The smallest absolute Gasteiger partial charge is 0.355 e. The van der Waals surface area contributed by atoms with E-state index in [4.69, 9.17) is 4.74 Å². The molecule has 0 spiro atoms. The molecule has 1 N–H and O–H groups in total. The van der Waals surface area contributed by atoms with Gasteiger partial charge in [0, 0.05) is 25.0 Å². The minimum Gasteiger partial charge on any atom is -0.478 e. The van der Waals surface area contributed by atoms with Crippen molar-refractivity contribution in [1.29, 1.82) is 0 Å². The number of carbonyl (C=O) groups is 2. The molecule has 1 rings (SSSR count). The Bertz CT molecular complexity index is 688. The van der Waals surface area contributed by atoms with E-state index in [1.165, 1.54) is 69.2 Å². The topological polar surface area (TPSA) is 107 Å². The lowest BCUT2D eigenvalue weighted by molar-refractivity contribution is -0.384. The van der Waals surface area contributed by atoms with E-state index in [0.717, 1.165) is 19.3 Å². The van der Waals surface area contributed by atoms with Crippen molar-refractivity contribution in [3.05, 3.63) is 34.4 Å². The second kappa shape index (κ2) is 14.5. The fourth-order valence-electron chi connectivity index (χ4n) is 3.63. The summed E-state index contributed by atoms with van der Waals surface area (Å²) in [5, 5.41) is 20.5. The van der Waals surface area contributed by atoms with Crippen LogP contribution in [0.5, 0.6) is 5.75 Å². The van der Waals surface area contributed by atoms with E-state index in [0.29, 0.717) is 6.42 Å². The third-order valence-corrected chi connectivity index (χ3v) is 5.64. The molecule has 0 heterocycles. The van der Waals surface area contributed by atoms with Gasteiger partial charge in [0.2, 0.25) is 0 Å². The van der Waals surface area contributed by atoms with E-state index in [-0.39, 0.29) is 24.3 Å². The summed E-state index contributed by atoms with van der Waals surface area (Å²) in [6.45, 7) is 3.81. The Kier molecular flexibility index (Phi) is 12.5. The van der Waals surface area contributed by atoms with Crippen molar-refractivity contribution < 1.29 is 24.4 Å². The number of ether oxygens (including phenoxy) is 1. The van der Waals surface area contributed by atoms with E-state index in [1.54, 1.807) is 6.92 Å². The van der Waals surface area contributed by atoms with Crippen LogP contribution < -0.4 is 4.74 Å². The Labute approximate surface area is 185 Å². The zero-order valence-electron chi connectivity index (χ0n) is 18.9. The summed E-state index contributed by atoms with van der Waals surface area (Å²) in [5.41, 5.74) is -2.09. The number of ketones is 1. The molecule has 1 aromatic carbocycles. The van der Waals surface area contributed by atoms with Crippen LogP contribution >= 0.6 is 0 Å². The Morgan fingerprint density at radius 3 is 1.81 bits per heavy atom. The summed E-state index contributed by atoms with van der Waals surface area (Å²) in [4.78, 5) is 34.9. The zero-order chi connectivity index (χ0) is 23.1. The number of hydrogen-bond acceptors (Lipinski definition) is 5. The third-order valence-electron chi connectivity index (χ3n) is 5.64. The molecule has 7 heteroatoms. The van der Waals surface area contributed by atoms with Gasteiger partial charge < -0.3 is 9.84 Å². The van der Waals surface area contributed by atoms with E-state index < -0.39 is 22.3 Å². The lowest BCUT2D eigenvalue weighted by Gasteiger charge is -2.28. The van der Waals surface area contributed by atoms with Crippen molar-refractivity contribution in [1.82, 2.24) is 0 Å². The zero-order valence-corrected chi connectivity index (χ0v) is 18.9. The second-order valence-electron chi connectivity index (χ2n) is 8.05. The Morgan fingerprint density at radius 2 is 1.39 bits per heavy atom. The number of rotatable bonds is 18. The highest BCUT2D eigenvalue weighted by Crippen LogP contribution is 2.27. The number of unbranched alkanes of at least 4 members (excludes halogenated alkanes) is 10. The number of aliphatic carboxylic acids is 1. The number of non-ortho nitro benzene ring substituents is 1. The number of carboxylic acids is 1. The van der Waals surface area contributed by atoms with Gasteiger partial charge in [-0.25, -0.2) is 4.79 Å². The number of carbonyl (C=O) groups excluding carboxylic acids is 1. The van der Waals surface area contributed by atoms with Crippen molar-refractivity contribution in [3.8, 4) is 5.75 Å². The fraction of sp³-hybridized carbons (Fsp3) is 0.667. The first-order valence-electron chi connectivity index (χ1n) is 11.6. The van der Waals surface area contributed by atoms with E-state index in [2.05, 4.69) is 6.92 Å². The van der Waals surface area contributed by atoms with E-state index in [9.17, 15) is 24.8 Å². The van der Waals surface area contributed by atoms with Gasteiger partial charge in [0.15, 0.2) is 5.78 Å². The van der Waals surface area contributed by atoms with Gasteiger partial charge >= 0.3 is 5.97 Å². The molecular formula is C24H37NO6. The van der Waals surface area contributed by atoms with Gasteiger partial charge in [-0.2, -0.15) is 0 Å². The molecule has 0 aliphatic heterocycles. The summed E-state index contributed by atoms with van der Waals surface area (Å²) in [6.07, 6.45) is 12.8. The first-order chi connectivity index (χ1) is 14.9. The van der Waals surface area contributed by atoms with Gasteiger partial charge in [0.25, 0.3) is 11.3 Å². The van der Waals surface area contributed by atoms with Crippen LogP contribution in [0.15, 0.2) is 24.3 Å². The van der Waals surface area contributed by atoms with Crippen LogP contribution in [0.3, 0.4) is 0 Å². The number of Topliss-reactive ketones (excluding diaryl/α,β-unsaturated/α-hetero) is 1. The van der Waals surface area contributed by atoms with Crippen LogP contribution in [-0.2, 0) is 9.59 Å². The van der Waals surface area contributed by atoms with Gasteiger partial charge in [0.05, 0.1) is 4.92 Å². The van der Waals surface area contributed by atoms with E-state index >= 15 is 0 Å². The molecule has 174 valence electrons. The lowest BCUT2D eigenvalue weighted by Crippen LogP contribution is -2.51. The highest BCUT2D eigenvalue weighted by atomic mass is 16.6. The fourth-order valence-corrected chi connectivity index (χ4v) is 3.63. The van der Waals surface area contributed by atoms with Gasteiger partial charge in [0.1, 0.15) is 5.75 Å². The predicted molar refractivity (Wildman–Crippen MR) is 120 cm³/mol. The van der Waals surface area contributed by atoms with Crippen molar-refractivity contribution in [2.24, 2.45) is 0 Å². The lowest BCUT2D eigenvalue weighted by atomic mass is 9.91. The monoisotopic (exact) mass is 435 g/mol. The van der Waals surface area contributed by atoms with Crippen LogP contribution in [0.2, 0.25) is 0 Å². The molecule has 0 aliphatic rings. The van der Waals surface area contributed by atoms with Crippen molar-refractivity contribution >= 4 is 17.4 Å². The maximum atomic E-state index is 12.8. The molecular weight excluding hydrogens is 398 g/mol. The molecule has 1 unspecified atom stereocenters. The Balaban J connectivity index is 2.45. The summed E-state index contributed by atoms with van der Waals surface area (Å²) in [5.74, 6) is -1.67. The maximum absolute atomic E-state index is 12.8. The number of benzene rings is 1. The molecule has 31 heavy (non-hydrogen) atoms. The van der Waals surface area contributed by atoms with Gasteiger partial charge in [-0.1, -0.05) is 78.1 Å². The molecule has 0 saturated carbocycles. The van der Waals surface area contributed by atoms with Crippen molar-refractivity contribution in [2.45, 2.75) is 103 Å². The first-order valence-corrected chi connectivity index (χ1v) is 11.6. The van der Waals surface area contributed by atoms with Crippen LogP contribution in [0.25, 0.3) is 0 Å². The summed E-state index contributed by atoms with van der Waals surface area (Å²) >= 11 is 0. The summed E-state index contributed by atoms with van der Waals surface area (Å²) in [7, 11) is 0.